The van der Waals surface area contributed by atoms with Gasteiger partial charge in [-0.05, 0) is 24.6 Å². The Hall–Kier alpha value is -1.84. The second-order valence-electron chi connectivity index (χ2n) is 3.64. The van der Waals surface area contributed by atoms with Crippen molar-refractivity contribution in [3.05, 3.63) is 42.0 Å². The molecule has 15 heavy (non-hydrogen) atoms. The van der Waals surface area contributed by atoms with E-state index >= 15 is 0 Å². The van der Waals surface area contributed by atoms with Gasteiger partial charge in [-0.15, -0.1) is 0 Å². The van der Waals surface area contributed by atoms with E-state index in [-0.39, 0.29) is 5.78 Å². The summed E-state index contributed by atoms with van der Waals surface area (Å²) in [4.78, 5) is 11.8. The fourth-order valence-electron chi connectivity index (χ4n) is 1.53. The number of aryl methyl sites for hydroxylation is 2. The second kappa shape index (κ2) is 3.73. The molecule has 78 valence electrons. The van der Waals surface area contributed by atoms with E-state index in [2.05, 4.69) is 5.10 Å². The monoisotopic (exact) mass is 203 g/mol. The molecule has 0 radical (unpaired) electrons. The number of hydrogen-bond acceptors (Lipinski definition) is 2. The van der Waals surface area contributed by atoms with Crippen LogP contribution in [-0.2, 0) is 13.6 Å². The molecule has 0 saturated heterocycles. The Morgan fingerprint density at radius 1 is 1.53 bits per heavy atom. The van der Waals surface area contributed by atoms with Crippen molar-refractivity contribution in [1.29, 1.82) is 0 Å². The first kappa shape index (κ1) is 9.71. The van der Waals surface area contributed by atoms with Crippen LogP contribution >= 0.6 is 0 Å². The van der Waals surface area contributed by atoms with Crippen LogP contribution in [-0.4, -0.2) is 20.1 Å². The number of rotatable bonds is 3. The van der Waals surface area contributed by atoms with Gasteiger partial charge in [0.25, 0.3) is 0 Å². The maximum absolute atomic E-state index is 11.8. The van der Waals surface area contributed by atoms with E-state index in [0.717, 1.165) is 5.56 Å². The van der Waals surface area contributed by atoms with Crippen molar-refractivity contribution in [3.8, 4) is 0 Å². The molecule has 2 aromatic heterocycles. The Bertz CT molecular complexity index is 481. The van der Waals surface area contributed by atoms with Crippen LogP contribution < -0.4 is 0 Å². The van der Waals surface area contributed by atoms with Crippen LogP contribution in [0.15, 0.2) is 30.7 Å². The highest BCUT2D eigenvalue weighted by molar-refractivity contribution is 5.94. The van der Waals surface area contributed by atoms with Gasteiger partial charge in [-0.2, -0.15) is 5.10 Å². The van der Waals surface area contributed by atoms with Crippen molar-refractivity contribution in [2.75, 3.05) is 0 Å². The quantitative estimate of drug-likeness (QED) is 0.708. The minimum absolute atomic E-state index is 0.0746. The van der Waals surface area contributed by atoms with Crippen molar-refractivity contribution >= 4 is 5.78 Å². The van der Waals surface area contributed by atoms with Gasteiger partial charge >= 0.3 is 0 Å². The topological polar surface area (TPSA) is 39.8 Å². The zero-order valence-corrected chi connectivity index (χ0v) is 8.84. The lowest BCUT2D eigenvalue weighted by Crippen LogP contribution is -2.13. The molecule has 0 aliphatic heterocycles. The summed E-state index contributed by atoms with van der Waals surface area (Å²) in [5, 5.41) is 4.08. The van der Waals surface area contributed by atoms with Crippen molar-refractivity contribution in [2.24, 2.45) is 7.05 Å². The lowest BCUT2D eigenvalue weighted by molar-refractivity contribution is 0.0960. The zero-order valence-electron chi connectivity index (χ0n) is 8.84. The second-order valence-corrected chi connectivity index (χ2v) is 3.64. The third-order valence-corrected chi connectivity index (χ3v) is 2.30. The van der Waals surface area contributed by atoms with E-state index in [1.54, 1.807) is 10.9 Å². The summed E-state index contributed by atoms with van der Waals surface area (Å²) in [6.07, 6.45) is 5.47. The molecular formula is C11H13N3O. The van der Waals surface area contributed by atoms with Crippen LogP contribution in [0.3, 0.4) is 0 Å². The molecule has 2 aromatic rings. The summed E-state index contributed by atoms with van der Waals surface area (Å²) in [7, 11) is 1.86. The van der Waals surface area contributed by atoms with E-state index in [1.165, 1.54) is 0 Å². The summed E-state index contributed by atoms with van der Waals surface area (Å²) in [5.41, 5.74) is 1.78. The van der Waals surface area contributed by atoms with E-state index < -0.39 is 0 Å². The Morgan fingerprint density at radius 2 is 2.33 bits per heavy atom. The normalized spacial score (nSPS) is 10.5. The number of aromatic nitrogens is 3. The van der Waals surface area contributed by atoms with E-state index in [4.69, 9.17) is 0 Å². The van der Waals surface area contributed by atoms with Gasteiger partial charge in [0.05, 0.1) is 11.9 Å². The molecule has 0 atom stereocenters. The van der Waals surface area contributed by atoms with Gasteiger partial charge in [0.15, 0.2) is 0 Å². The number of Topliss-reactive ketones (excluding diaryl/α,β-unsaturated/α-hetero) is 1. The molecule has 0 spiro atoms. The molecule has 4 heteroatoms. The predicted octanol–water partition coefficient (Wildman–Crippen LogP) is 1.41. The minimum atomic E-state index is 0.0746. The predicted molar refractivity (Wildman–Crippen MR) is 56.7 cm³/mol. The van der Waals surface area contributed by atoms with Gasteiger partial charge in [0.1, 0.15) is 6.54 Å². The third-order valence-electron chi connectivity index (χ3n) is 2.30. The zero-order chi connectivity index (χ0) is 10.8. The summed E-state index contributed by atoms with van der Waals surface area (Å²) in [6.45, 7) is 2.25. The largest absolute Gasteiger partial charge is 0.348 e. The van der Waals surface area contributed by atoms with E-state index in [1.807, 2.05) is 43.1 Å². The summed E-state index contributed by atoms with van der Waals surface area (Å²) in [5.74, 6) is 0.0746. The molecule has 0 saturated carbocycles. The van der Waals surface area contributed by atoms with Crippen LogP contribution in [0.5, 0.6) is 0 Å². The fourth-order valence-corrected chi connectivity index (χ4v) is 1.53. The molecule has 0 amide bonds. The lowest BCUT2D eigenvalue weighted by atomic mass is 10.3. The third kappa shape index (κ3) is 1.98. The summed E-state index contributed by atoms with van der Waals surface area (Å²) >= 11 is 0. The number of hydrogen-bond donors (Lipinski definition) is 0. The van der Waals surface area contributed by atoms with Gasteiger partial charge in [-0.3, -0.25) is 9.48 Å². The standard InChI is InChI=1S/C11H13N3O/c1-9-6-12-14(7-9)8-11(15)10-4-3-5-13(10)2/h3-7H,8H2,1-2H3. The summed E-state index contributed by atoms with van der Waals surface area (Å²) in [6, 6.07) is 3.68. The Balaban J connectivity index is 2.14. The number of carbonyl (C=O) groups is 1. The molecular weight excluding hydrogens is 190 g/mol. The molecule has 0 bridgehead atoms. The average Bonchev–Trinajstić information content (AvgIpc) is 2.75. The molecule has 0 N–H and O–H groups in total. The SMILES string of the molecule is Cc1cnn(CC(=O)c2cccn2C)c1. The van der Waals surface area contributed by atoms with Gasteiger partial charge in [0.2, 0.25) is 5.78 Å². The Labute approximate surface area is 88.1 Å². The van der Waals surface area contributed by atoms with Crippen molar-refractivity contribution < 1.29 is 4.79 Å². The van der Waals surface area contributed by atoms with Gasteiger partial charge in [-0.1, -0.05) is 0 Å². The van der Waals surface area contributed by atoms with Crippen LogP contribution in [0.2, 0.25) is 0 Å². The molecule has 0 unspecified atom stereocenters. The number of ketones is 1. The minimum Gasteiger partial charge on any atom is -0.348 e. The highest BCUT2D eigenvalue weighted by Gasteiger charge is 2.09. The maximum Gasteiger partial charge on any atom is 0.200 e. The van der Waals surface area contributed by atoms with Gasteiger partial charge < -0.3 is 4.57 Å². The van der Waals surface area contributed by atoms with Gasteiger partial charge in [0, 0.05) is 19.4 Å². The smallest absolute Gasteiger partial charge is 0.200 e. The molecule has 0 fully saturated rings. The lowest BCUT2D eigenvalue weighted by Gasteiger charge is -2.02. The molecule has 2 rings (SSSR count). The molecule has 2 heterocycles. The van der Waals surface area contributed by atoms with Crippen LogP contribution in [0.4, 0.5) is 0 Å². The Morgan fingerprint density at radius 3 is 2.87 bits per heavy atom. The van der Waals surface area contributed by atoms with E-state index in [0.29, 0.717) is 12.2 Å². The molecule has 0 aliphatic carbocycles. The maximum atomic E-state index is 11.8. The van der Waals surface area contributed by atoms with Crippen molar-refractivity contribution in [1.82, 2.24) is 14.3 Å². The van der Waals surface area contributed by atoms with Gasteiger partial charge in [-0.25, -0.2) is 0 Å². The average molecular weight is 203 g/mol. The van der Waals surface area contributed by atoms with Crippen LogP contribution in [0.25, 0.3) is 0 Å². The first-order valence-electron chi connectivity index (χ1n) is 4.80. The molecule has 0 aromatic carbocycles. The highest BCUT2D eigenvalue weighted by Crippen LogP contribution is 2.03. The fraction of sp³-hybridized carbons (Fsp3) is 0.273. The van der Waals surface area contributed by atoms with E-state index in [9.17, 15) is 4.79 Å². The van der Waals surface area contributed by atoms with Crippen LogP contribution in [0.1, 0.15) is 16.1 Å². The summed E-state index contributed by atoms with van der Waals surface area (Å²) < 4.78 is 3.48. The molecule has 4 nitrogen and oxygen atoms in total. The number of nitrogens with zero attached hydrogens (tertiary/aromatic N) is 3. The Kier molecular flexibility index (Phi) is 2.41. The van der Waals surface area contributed by atoms with Crippen molar-refractivity contribution in [2.45, 2.75) is 13.5 Å². The van der Waals surface area contributed by atoms with Crippen molar-refractivity contribution in [3.63, 3.8) is 0 Å². The highest BCUT2D eigenvalue weighted by atomic mass is 16.1. The van der Waals surface area contributed by atoms with Crippen LogP contribution in [0, 0.1) is 6.92 Å². The first-order valence-corrected chi connectivity index (χ1v) is 4.80. The number of carbonyl (C=O) groups excluding carboxylic acids is 1. The first-order chi connectivity index (χ1) is 7.16. The molecule has 0 aliphatic rings.